The molecule has 234 valence electrons. The van der Waals surface area contributed by atoms with Gasteiger partial charge in [0.05, 0.1) is 29.7 Å². The Morgan fingerprint density at radius 3 is 2.63 bits per heavy atom. The van der Waals surface area contributed by atoms with Crippen molar-refractivity contribution < 1.29 is 14.3 Å². The first-order valence-electron chi connectivity index (χ1n) is 14.4. The molecule has 0 atom stereocenters. The number of pyridine rings is 2. The number of nitrogens with zero attached hydrogens (tertiary/aromatic N) is 7. The summed E-state index contributed by atoms with van der Waals surface area (Å²) >= 11 is 7.47. The molecule has 0 unspecified atom stereocenters. The van der Waals surface area contributed by atoms with Crippen LogP contribution in [0.5, 0.6) is 5.75 Å². The highest BCUT2D eigenvalue weighted by atomic mass is 35.5. The van der Waals surface area contributed by atoms with Gasteiger partial charge in [-0.2, -0.15) is 5.10 Å². The molecule has 0 saturated carbocycles. The van der Waals surface area contributed by atoms with Gasteiger partial charge < -0.3 is 25.2 Å². The van der Waals surface area contributed by atoms with E-state index in [4.69, 9.17) is 26.3 Å². The summed E-state index contributed by atoms with van der Waals surface area (Å²) in [6.07, 6.45) is 8.18. The van der Waals surface area contributed by atoms with E-state index in [1.165, 1.54) is 23.6 Å². The molecule has 0 bridgehead atoms. The molecule has 12 nitrogen and oxygen atoms in total. The third kappa shape index (κ3) is 6.41. The molecule has 6 rings (SSSR count). The number of piperazine rings is 1. The molecule has 5 aromatic rings. The maximum Gasteiger partial charge on any atom is 0.267 e. The third-order valence-electron chi connectivity index (χ3n) is 7.45. The van der Waals surface area contributed by atoms with Crippen LogP contribution in [0.25, 0.3) is 16.9 Å². The molecule has 1 saturated heterocycles. The van der Waals surface area contributed by atoms with Gasteiger partial charge in [0.2, 0.25) is 5.91 Å². The summed E-state index contributed by atoms with van der Waals surface area (Å²) in [5.74, 6) is 1.29. The monoisotopic (exact) mass is 655 g/mol. The Labute approximate surface area is 274 Å². The third-order valence-corrected chi connectivity index (χ3v) is 8.68. The van der Waals surface area contributed by atoms with E-state index >= 15 is 0 Å². The van der Waals surface area contributed by atoms with E-state index in [2.05, 4.69) is 32.2 Å². The summed E-state index contributed by atoms with van der Waals surface area (Å²) in [4.78, 5) is 43.4. The number of thiazole rings is 1. The van der Waals surface area contributed by atoms with Gasteiger partial charge in [-0.25, -0.2) is 19.6 Å². The number of hydrogen-bond acceptors (Lipinski definition) is 10. The number of amides is 2. The maximum atomic E-state index is 13.0. The molecule has 2 amide bonds. The fourth-order valence-electron chi connectivity index (χ4n) is 5.04. The molecule has 0 aliphatic carbocycles. The zero-order valence-electron chi connectivity index (χ0n) is 25.1. The van der Waals surface area contributed by atoms with Crippen LogP contribution < -0.4 is 20.3 Å². The van der Waals surface area contributed by atoms with Crippen LogP contribution in [0.15, 0.2) is 79.9 Å². The van der Waals surface area contributed by atoms with E-state index in [-0.39, 0.29) is 11.8 Å². The van der Waals surface area contributed by atoms with Crippen LogP contribution >= 0.6 is 22.9 Å². The molecule has 1 aliphatic heterocycles. The fraction of sp³-hybridized carbons (Fsp3) is 0.188. The van der Waals surface area contributed by atoms with Crippen LogP contribution in [0.4, 0.5) is 22.5 Å². The van der Waals surface area contributed by atoms with Gasteiger partial charge in [-0.15, -0.1) is 0 Å². The Kier molecular flexibility index (Phi) is 8.94. The number of halogens is 1. The fourth-order valence-corrected chi connectivity index (χ4v) is 6.02. The highest BCUT2D eigenvalue weighted by molar-refractivity contribution is 7.17. The minimum Gasteiger partial charge on any atom is -0.493 e. The smallest absolute Gasteiger partial charge is 0.267 e. The molecule has 0 spiro atoms. The average molecular weight is 656 g/mol. The highest BCUT2D eigenvalue weighted by Gasteiger charge is 2.24. The predicted molar refractivity (Wildman–Crippen MR) is 180 cm³/mol. The van der Waals surface area contributed by atoms with Crippen LogP contribution in [0.1, 0.15) is 15.2 Å². The van der Waals surface area contributed by atoms with Crippen LogP contribution in [0.3, 0.4) is 0 Å². The van der Waals surface area contributed by atoms with Gasteiger partial charge in [0.15, 0.2) is 22.5 Å². The van der Waals surface area contributed by atoms with Gasteiger partial charge in [-0.05, 0) is 48.9 Å². The van der Waals surface area contributed by atoms with Crippen molar-refractivity contribution in [1.82, 2.24) is 29.6 Å². The second-order valence-corrected chi connectivity index (χ2v) is 11.8. The molecule has 14 heteroatoms. The Bertz CT molecular complexity index is 1880. The van der Waals surface area contributed by atoms with E-state index in [0.29, 0.717) is 64.2 Å². The lowest BCUT2D eigenvalue weighted by molar-refractivity contribution is -0.126. The number of rotatable bonds is 9. The molecule has 1 aromatic carbocycles. The lowest BCUT2D eigenvalue weighted by Gasteiger charge is -2.35. The molecule has 4 aromatic heterocycles. The average Bonchev–Trinajstić information content (AvgIpc) is 3.79. The first kappa shape index (κ1) is 30.7. The Morgan fingerprint density at radius 2 is 1.91 bits per heavy atom. The molecule has 2 N–H and O–H groups in total. The van der Waals surface area contributed by atoms with E-state index in [9.17, 15) is 9.59 Å². The standard InChI is InChI=1S/C32H30ClN9O3S/c1-4-27(43)40-13-15-41(16-14-40)30-24(42-12-6-11-36-42)17-21(18-34-30)23-9-10-25(45-3)29(37-23)39-32-35-19-26(46-32)31(44)38-28-20(2)7-5-8-22(28)33/h4-12,17-19H,1,13-16H2,2-3H3,(H,38,44)(H,35,37,39). The minimum absolute atomic E-state index is 0.0744. The largest absolute Gasteiger partial charge is 0.493 e. The van der Waals surface area contributed by atoms with E-state index in [0.717, 1.165) is 22.6 Å². The van der Waals surface area contributed by atoms with Crippen molar-refractivity contribution >= 4 is 57.2 Å². The molecule has 5 heterocycles. The van der Waals surface area contributed by atoms with Crippen molar-refractivity contribution in [3.63, 3.8) is 0 Å². The van der Waals surface area contributed by atoms with Crippen LogP contribution in [-0.4, -0.2) is 74.7 Å². The predicted octanol–water partition coefficient (Wildman–Crippen LogP) is 5.59. The lowest BCUT2D eigenvalue weighted by atomic mass is 10.1. The van der Waals surface area contributed by atoms with Gasteiger partial charge in [-0.3, -0.25) is 9.59 Å². The summed E-state index contributed by atoms with van der Waals surface area (Å²) in [5, 5.41) is 11.5. The zero-order valence-corrected chi connectivity index (χ0v) is 26.7. The number of hydrogen-bond donors (Lipinski definition) is 2. The van der Waals surface area contributed by atoms with Crippen molar-refractivity contribution in [2.24, 2.45) is 0 Å². The van der Waals surface area contributed by atoms with Gasteiger partial charge in [0.1, 0.15) is 10.6 Å². The molecular formula is C32H30ClN9O3S. The van der Waals surface area contributed by atoms with Crippen LogP contribution in [0.2, 0.25) is 5.02 Å². The topological polar surface area (TPSA) is 130 Å². The zero-order chi connectivity index (χ0) is 32.2. The summed E-state index contributed by atoms with van der Waals surface area (Å²) < 4.78 is 7.34. The van der Waals surface area contributed by atoms with Crippen molar-refractivity contribution in [3.8, 4) is 22.7 Å². The van der Waals surface area contributed by atoms with Crippen molar-refractivity contribution in [3.05, 3.63) is 95.4 Å². The SMILES string of the molecule is C=CC(=O)N1CCN(c2ncc(-c3ccc(OC)c(Nc4ncc(C(=O)Nc5c(C)cccc5Cl)s4)n3)cc2-n2cccn2)CC1. The number of benzene rings is 1. The van der Waals surface area contributed by atoms with E-state index in [1.807, 2.05) is 49.5 Å². The molecule has 46 heavy (non-hydrogen) atoms. The maximum absolute atomic E-state index is 13.0. The van der Waals surface area contributed by atoms with Gasteiger partial charge in [0, 0.05) is 50.3 Å². The number of ether oxygens (including phenoxy) is 1. The summed E-state index contributed by atoms with van der Waals surface area (Å²) in [7, 11) is 1.56. The number of aromatic nitrogens is 5. The number of para-hydroxylation sites is 1. The van der Waals surface area contributed by atoms with E-state index < -0.39 is 0 Å². The first-order chi connectivity index (χ1) is 22.3. The van der Waals surface area contributed by atoms with Crippen LogP contribution in [-0.2, 0) is 4.79 Å². The second kappa shape index (κ2) is 13.4. The molecule has 1 aliphatic rings. The summed E-state index contributed by atoms with van der Waals surface area (Å²) in [5.41, 5.74) is 3.60. The quantitative estimate of drug-likeness (QED) is 0.195. The van der Waals surface area contributed by atoms with Crippen molar-refractivity contribution in [2.45, 2.75) is 6.92 Å². The number of methoxy groups -OCH3 is 1. The van der Waals surface area contributed by atoms with Crippen molar-refractivity contribution in [1.29, 1.82) is 0 Å². The molecule has 1 fully saturated rings. The second-order valence-electron chi connectivity index (χ2n) is 10.3. The number of anilines is 4. The normalized spacial score (nSPS) is 12.9. The molecule has 0 radical (unpaired) electrons. The number of nitrogens with one attached hydrogen (secondary N) is 2. The highest BCUT2D eigenvalue weighted by Crippen LogP contribution is 2.34. The van der Waals surface area contributed by atoms with E-state index in [1.54, 1.807) is 35.2 Å². The number of carbonyl (C=O) groups excluding carboxylic acids is 2. The summed E-state index contributed by atoms with van der Waals surface area (Å²) in [6.45, 7) is 7.87. The summed E-state index contributed by atoms with van der Waals surface area (Å²) in [6, 6.07) is 12.9. The van der Waals surface area contributed by atoms with Crippen molar-refractivity contribution in [2.75, 3.05) is 48.8 Å². The minimum atomic E-state index is -0.318. The Morgan fingerprint density at radius 1 is 1.09 bits per heavy atom. The van der Waals surface area contributed by atoms with Gasteiger partial charge in [-0.1, -0.05) is 41.6 Å². The van der Waals surface area contributed by atoms with Crippen LogP contribution in [0, 0.1) is 6.92 Å². The number of carbonyl (C=O) groups is 2. The van der Waals surface area contributed by atoms with Gasteiger partial charge >= 0.3 is 0 Å². The Hall–Kier alpha value is -5.27. The first-order valence-corrected chi connectivity index (χ1v) is 15.5. The molecular weight excluding hydrogens is 626 g/mol. The number of aryl methyl sites for hydroxylation is 1. The Balaban J connectivity index is 1.25. The lowest BCUT2D eigenvalue weighted by Crippen LogP contribution is -2.48. The van der Waals surface area contributed by atoms with Gasteiger partial charge in [0.25, 0.3) is 5.91 Å².